The van der Waals surface area contributed by atoms with Crippen LogP contribution in [0, 0.1) is 6.92 Å². The second kappa shape index (κ2) is 12.7. The summed E-state index contributed by atoms with van der Waals surface area (Å²) >= 11 is 0. The average molecular weight is 631 g/mol. The van der Waals surface area contributed by atoms with E-state index in [4.69, 9.17) is 26.0 Å². The second-order valence-corrected chi connectivity index (χ2v) is 11.4. The van der Waals surface area contributed by atoms with Crippen LogP contribution in [0.15, 0.2) is 169 Å². The lowest BCUT2D eigenvalue weighted by molar-refractivity contribution is 0.593. The molecule has 0 saturated carbocycles. The summed E-state index contributed by atoms with van der Waals surface area (Å²) in [5.74, 6) is 0. The summed E-state index contributed by atoms with van der Waals surface area (Å²) in [6.45, 7) is 5.96. The van der Waals surface area contributed by atoms with Crippen LogP contribution in [0.1, 0.15) is 67.5 Å². The van der Waals surface area contributed by atoms with Gasteiger partial charge >= 0.3 is 0 Å². The first-order valence-corrected chi connectivity index (χ1v) is 14.4. The molecule has 0 atom stereocenters. The van der Waals surface area contributed by atoms with E-state index in [-0.39, 0.29) is 11.1 Å². The normalized spacial score (nSPS) is 19.1. The third-order valence-corrected chi connectivity index (χ3v) is 7.07. The number of hydrogen-bond acceptors (Lipinski definition) is 0. The van der Waals surface area contributed by atoms with Crippen molar-refractivity contribution in [3.8, 4) is 66.8 Å². The van der Waals surface area contributed by atoms with Crippen LogP contribution >= 0.6 is 0 Å². The average Bonchev–Trinajstić information content (AvgIpc) is 3.33. The molecule has 0 saturated heterocycles. The molecule has 7 rings (SSSR count). The van der Waals surface area contributed by atoms with Gasteiger partial charge in [-0.1, -0.05) is 159 Å². The van der Waals surface area contributed by atoms with Crippen LogP contribution in [0.25, 0.3) is 66.8 Å². The molecular weight excluding hydrogens is 565 g/mol. The highest BCUT2D eigenvalue weighted by molar-refractivity contribution is 5.88. The van der Waals surface area contributed by atoms with Crippen molar-refractivity contribution in [2.75, 3.05) is 0 Å². The van der Waals surface area contributed by atoms with Gasteiger partial charge < -0.3 is 0 Å². The quantitative estimate of drug-likeness (QED) is 0.171. The molecule has 7 aromatic carbocycles. The maximum atomic E-state index is 9.86. The molecule has 7 aromatic rings. The summed E-state index contributed by atoms with van der Waals surface area (Å²) in [5, 5.41) is 0. The lowest BCUT2D eigenvalue weighted by atomic mass is 9.76. The Hall–Kier alpha value is -5.46. The van der Waals surface area contributed by atoms with E-state index in [9.17, 15) is 9.60 Å². The smallest absolute Gasteiger partial charge is 0.0622 e. The standard InChI is InChI=1S/C47H40/c1-33-23-25-37(26-24-33)41-28-40(36-19-12-7-13-20-36)31-43(32-41)45-22-14-21-44(46(45)47(2,3)4)42-29-38(34-15-8-5-9-16-34)27-39(30-42)35-17-10-6-11-18-35/h5-32H,1-4H3/i5D,6D,7D,8D,9D,10D,11D,12D,13D,14D,15D,16D,17D,18D,19D,20D,21D,22D,23D,24D,25D,26D,27D,28D,29D,32D. The third-order valence-electron chi connectivity index (χ3n) is 7.07. The fourth-order valence-electron chi connectivity index (χ4n) is 5.03. The van der Waals surface area contributed by atoms with Crippen LogP contribution in [0.2, 0.25) is 0 Å². The van der Waals surface area contributed by atoms with Crippen molar-refractivity contribution < 1.29 is 35.6 Å². The first-order valence-electron chi connectivity index (χ1n) is 27.4. The Morgan fingerprint density at radius 2 is 0.723 bits per heavy atom. The highest BCUT2D eigenvalue weighted by Crippen LogP contribution is 2.44. The minimum Gasteiger partial charge on any atom is -0.0622 e. The summed E-state index contributed by atoms with van der Waals surface area (Å²) in [6, 6.07) is -19.2. The van der Waals surface area contributed by atoms with Crippen molar-refractivity contribution in [1.82, 2.24) is 0 Å². The van der Waals surface area contributed by atoms with E-state index in [1.807, 2.05) is 0 Å². The van der Waals surface area contributed by atoms with E-state index in [1.54, 1.807) is 20.8 Å². The van der Waals surface area contributed by atoms with Gasteiger partial charge in [0.15, 0.2) is 0 Å². The van der Waals surface area contributed by atoms with Gasteiger partial charge in [-0.2, -0.15) is 0 Å². The van der Waals surface area contributed by atoms with Gasteiger partial charge in [0, 0.05) is 0 Å². The molecule has 0 nitrogen and oxygen atoms in total. The Morgan fingerprint density at radius 1 is 0.362 bits per heavy atom. The Kier molecular flexibility index (Phi) is 3.42. The maximum Gasteiger partial charge on any atom is 0.0636 e. The van der Waals surface area contributed by atoms with Gasteiger partial charge in [-0.3, -0.25) is 0 Å². The molecule has 0 heterocycles. The third kappa shape index (κ3) is 6.46. The molecule has 47 heavy (non-hydrogen) atoms. The molecule has 0 fully saturated rings. The van der Waals surface area contributed by atoms with Crippen molar-refractivity contribution in [3.05, 3.63) is 180 Å². The number of hydrogen-bond donors (Lipinski definition) is 0. The van der Waals surface area contributed by atoms with Crippen molar-refractivity contribution in [3.63, 3.8) is 0 Å². The second-order valence-electron chi connectivity index (χ2n) is 11.4. The van der Waals surface area contributed by atoms with Gasteiger partial charge in [0.05, 0.1) is 35.6 Å². The predicted octanol–water partition coefficient (Wildman–Crippen LogP) is 13.3. The largest absolute Gasteiger partial charge is 0.0636 e. The number of benzene rings is 7. The van der Waals surface area contributed by atoms with Gasteiger partial charge in [0.1, 0.15) is 0 Å². The minimum absolute atomic E-state index is 0.104. The zero-order chi connectivity index (χ0) is 55.0. The van der Waals surface area contributed by atoms with E-state index in [2.05, 4.69) is 0 Å². The first-order chi connectivity index (χ1) is 33.7. The molecule has 0 unspecified atom stereocenters. The van der Waals surface area contributed by atoms with E-state index >= 15 is 0 Å². The zero-order valence-corrected chi connectivity index (χ0v) is 25.7. The highest BCUT2D eigenvalue weighted by atomic mass is 14.3. The molecule has 0 aliphatic carbocycles. The van der Waals surface area contributed by atoms with Crippen LogP contribution in [0.4, 0.5) is 0 Å². The minimum atomic E-state index is -1.43. The van der Waals surface area contributed by atoms with E-state index in [1.165, 1.54) is 6.92 Å². The van der Waals surface area contributed by atoms with E-state index in [0.29, 0.717) is 0 Å². The van der Waals surface area contributed by atoms with E-state index < -0.39 is 229 Å². The van der Waals surface area contributed by atoms with Gasteiger partial charge in [-0.05, 0) is 121 Å². The molecule has 228 valence electrons. The Labute approximate surface area is 316 Å². The summed E-state index contributed by atoms with van der Waals surface area (Å²) in [7, 11) is 0. The van der Waals surface area contributed by atoms with Crippen LogP contribution in [0.5, 0.6) is 0 Å². The molecule has 0 aromatic heterocycles. The summed E-state index contributed by atoms with van der Waals surface area (Å²) in [4.78, 5) is 0. The summed E-state index contributed by atoms with van der Waals surface area (Å²) in [6.07, 6.45) is 0. The van der Waals surface area contributed by atoms with Crippen molar-refractivity contribution in [1.29, 1.82) is 0 Å². The number of rotatable bonds is 6. The van der Waals surface area contributed by atoms with Crippen molar-refractivity contribution in [2.45, 2.75) is 33.1 Å². The van der Waals surface area contributed by atoms with Crippen LogP contribution < -0.4 is 0 Å². The monoisotopic (exact) mass is 630 g/mol. The summed E-state index contributed by atoms with van der Waals surface area (Å²) in [5.41, 5.74) is -8.65. The van der Waals surface area contributed by atoms with Gasteiger partial charge in [0.25, 0.3) is 0 Å². The molecule has 0 bridgehead atoms. The lowest BCUT2D eigenvalue weighted by Gasteiger charge is -2.28. The molecule has 0 spiro atoms. The SMILES string of the molecule is [2H]c1c([2H])c([2H])c(-c2cc(-c3c([2H])c([2H])c([2H])c(-c4cc(-c5c([2H])c([2H])c([2H])c([2H])c5[2H])c([2H])c(-c5c([2H])c([2H])c(C)c([2H])c5[2H])c4[2H])c3C(C)(C)C)c([2H])c(-c3c([2H])c([2H])c([2H])c([2H])c3[2H])c2[2H])c([2H])c1[2H]. The molecular formula is C47H40. The molecule has 0 heteroatoms. The fourth-order valence-corrected chi connectivity index (χ4v) is 5.03. The Balaban J connectivity index is 1.81. The highest BCUT2D eigenvalue weighted by Gasteiger charge is 2.24. The molecule has 0 amide bonds. The van der Waals surface area contributed by atoms with Gasteiger partial charge in [0.2, 0.25) is 0 Å². The van der Waals surface area contributed by atoms with E-state index in [0.717, 1.165) is 12.1 Å². The van der Waals surface area contributed by atoms with Gasteiger partial charge in [-0.15, -0.1) is 0 Å². The maximum absolute atomic E-state index is 9.86. The fraction of sp³-hybridized carbons (Fsp3) is 0.106. The zero-order valence-electron chi connectivity index (χ0n) is 51.7. The van der Waals surface area contributed by atoms with Crippen LogP contribution in [-0.4, -0.2) is 0 Å². The molecule has 0 aliphatic rings. The van der Waals surface area contributed by atoms with Crippen LogP contribution in [-0.2, 0) is 5.41 Å². The van der Waals surface area contributed by atoms with Crippen molar-refractivity contribution >= 4 is 0 Å². The van der Waals surface area contributed by atoms with Gasteiger partial charge in [-0.25, -0.2) is 0 Å². The molecule has 0 radical (unpaired) electrons. The lowest BCUT2D eigenvalue weighted by Crippen LogP contribution is -2.15. The Morgan fingerprint density at radius 3 is 1.13 bits per heavy atom. The predicted molar refractivity (Wildman–Crippen MR) is 202 cm³/mol. The molecule has 0 aliphatic heterocycles. The topological polar surface area (TPSA) is 0 Å². The van der Waals surface area contributed by atoms with Crippen LogP contribution in [0.3, 0.4) is 0 Å². The summed E-state index contributed by atoms with van der Waals surface area (Å²) < 4.78 is 232. The van der Waals surface area contributed by atoms with Crippen molar-refractivity contribution in [2.24, 2.45) is 0 Å². The Bertz CT molecular complexity index is 3280. The first kappa shape index (κ1) is 12.6. The molecule has 0 N–H and O–H groups in total.